The van der Waals surface area contributed by atoms with Gasteiger partial charge in [-0.3, -0.25) is 0 Å². The van der Waals surface area contributed by atoms with Crippen LogP contribution in [-0.4, -0.2) is 34.0 Å². The fourth-order valence-corrected chi connectivity index (χ4v) is 3.17. The smallest absolute Gasteiger partial charge is 0.246 e. The van der Waals surface area contributed by atoms with Gasteiger partial charge in [-0.2, -0.15) is 4.98 Å². The van der Waals surface area contributed by atoms with E-state index in [0.29, 0.717) is 18.6 Å². The van der Waals surface area contributed by atoms with E-state index in [1.54, 1.807) is 0 Å². The number of anilines is 3. The zero-order chi connectivity index (χ0) is 19.5. The zero-order valence-corrected chi connectivity index (χ0v) is 15.5. The van der Waals surface area contributed by atoms with Gasteiger partial charge in [0, 0.05) is 30.1 Å². The molecule has 0 radical (unpaired) electrons. The van der Waals surface area contributed by atoms with E-state index in [1.165, 1.54) is 23.1 Å². The van der Waals surface area contributed by atoms with E-state index in [1.807, 2.05) is 25.1 Å². The van der Waals surface area contributed by atoms with Crippen LogP contribution in [0.3, 0.4) is 0 Å². The number of aromatic nitrogens is 3. The molecule has 0 saturated carbocycles. The fraction of sp³-hybridized carbons (Fsp3) is 0.300. The number of nitrogens with zero attached hydrogens (tertiary/aromatic N) is 3. The molecule has 1 aliphatic heterocycles. The van der Waals surface area contributed by atoms with Crippen molar-refractivity contribution in [2.75, 3.05) is 23.8 Å². The van der Waals surface area contributed by atoms with E-state index in [-0.39, 0.29) is 5.69 Å². The Balaban J connectivity index is 1.51. The minimum atomic E-state index is -0.665. The molecule has 3 aromatic rings. The van der Waals surface area contributed by atoms with Crippen molar-refractivity contribution >= 4 is 17.3 Å². The van der Waals surface area contributed by atoms with Crippen LogP contribution in [0.25, 0.3) is 5.69 Å². The monoisotopic (exact) mass is 385 g/mol. The van der Waals surface area contributed by atoms with Gasteiger partial charge in [-0.05, 0) is 49.6 Å². The minimum absolute atomic E-state index is 0.266. The second-order valence-electron chi connectivity index (χ2n) is 6.85. The van der Waals surface area contributed by atoms with Crippen molar-refractivity contribution in [1.82, 2.24) is 14.8 Å². The van der Waals surface area contributed by atoms with E-state index in [9.17, 15) is 8.78 Å². The van der Waals surface area contributed by atoms with Gasteiger partial charge in [-0.25, -0.2) is 13.5 Å². The standard InChI is InChI=1S/C20H21F2N5O/c1-13-4-5-16(24-17-3-2-6-28-11-17)10-19(13)25-20-23-12-27(26-20)18-8-14(21)7-15(22)9-18/h4-5,7-10,12,17,24H,2-3,6,11H2,1H3,(H,25,26). The van der Waals surface area contributed by atoms with Crippen LogP contribution in [-0.2, 0) is 4.74 Å². The molecule has 1 aliphatic rings. The zero-order valence-electron chi connectivity index (χ0n) is 15.5. The van der Waals surface area contributed by atoms with Gasteiger partial charge in [0.2, 0.25) is 5.95 Å². The first-order valence-corrected chi connectivity index (χ1v) is 9.17. The lowest BCUT2D eigenvalue weighted by atomic mass is 10.1. The van der Waals surface area contributed by atoms with Gasteiger partial charge in [0.15, 0.2) is 0 Å². The Labute approximate surface area is 161 Å². The topological polar surface area (TPSA) is 64.0 Å². The van der Waals surface area contributed by atoms with Gasteiger partial charge >= 0.3 is 0 Å². The van der Waals surface area contributed by atoms with Crippen LogP contribution < -0.4 is 10.6 Å². The second-order valence-corrected chi connectivity index (χ2v) is 6.85. The van der Waals surface area contributed by atoms with Crippen molar-refractivity contribution in [2.45, 2.75) is 25.8 Å². The molecule has 1 unspecified atom stereocenters. The van der Waals surface area contributed by atoms with Crippen molar-refractivity contribution in [2.24, 2.45) is 0 Å². The Morgan fingerprint density at radius 1 is 1.14 bits per heavy atom. The summed E-state index contributed by atoms with van der Waals surface area (Å²) in [6, 6.07) is 9.53. The molecule has 2 heterocycles. The average molecular weight is 385 g/mol. The van der Waals surface area contributed by atoms with Crippen LogP contribution in [0.2, 0.25) is 0 Å². The van der Waals surface area contributed by atoms with Crippen LogP contribution >= 0.6 is 0 Å². The molecule has 1 atom stereocenters. The number of hydrogen-bond acceptors (Lipinski definition) is 5. The van der Waals surface area contributed by atoms with Gasteiger partial charge in [-0.1, -0.05) is 6.07 Å². The maximum Gasteiger partial charge on any atom is 0.246 e. The molecule has 28 heavy (non-hydrogen) atoms. The molecule has 1 aromatic heterocycles. The third-order valence-corrected chi connectivity index (χ3v) is 4.62. The number of aryl methyl sites for hydroxylation is 1. The predicted molar refractivity (Wildman–Crippen MR) is 103 cm³/mol. The molecule has 1 saturated heterocycles. The summed E-state index contributed by atoms with van der Waals surface area (Å²) < 4.78 is 33.7. The van der Waals surface area contributed by atoms with Crippen LogP contribution in [0.4, 0.5) is 26.1 Å². The first-order chi connectivity index (χ1) is 13.6. The maximum atomic E-state index is 13.4. The lowest BCUT2D eigenvalue weighted by Crippen LogP contribution is -2.29. The molecule has 6 nitrogen and oxygen atoms in total. The number of halogens is 2. The van der Waals surface area contributed by atoms with E-state index in [2.05, 4.69) is 20.7 Å². The van der Waals surface area contributed by atoms with E-state index in [0.717, 1.165) is 42.5 Å². The summed E-state index contributed by atoms with van der Waals surface area (Å²) >= 11 is 0. The molecule has 1 fully saturated rings. The lowest BCUT2D eigenvalue weighted by Gasteiger charge is -2.24. The molecule has 4 rings (SSSR count). The van der Waals surface area contributed by atoms with Gasteiger partial charge in [-0.15, -0.1) is 5.10 Å². The van der Waals surface area contributed by atoms with Crippen molar-refractivity contribution in [1.29, 1.82) is 0 Å². The number of rotatable bonds is 5. The molecule has 146 valence electrons. The quantitative estimate of drug-likeness (QED) is 0.690. The first-order valence-electron chi connectivity index (χ1n) is 9.17. The van der Waals surface area contributed by atoms with E-state index >= 15 is 0 Å². The lowest BCUT2D eigenvalue weighted by molar-refractivity contribution is 0.0876. The van der Waals surface area contributed by atoms with Gasteiger partial charge in [0.1, 0.15) is 18.0 Å². The Morgan fingerprint density at radius 3 is 2.71 bits per heavy atom. The van der Waals surface area contributed by atoms with Gasteiger partial charge in [0.05, 0.1) is 12.3 Å². The van der Waals surface area contributed by atoms with Crippen molar-refractivity contribution in [3.8, 4) is 5.69 Å². The number of nitrogens with one attached hydrogen (secondary N) is 2. The maximum absolute atomic E-state index is 13.4. The van der Waals surface area contributed by atoms with Crippen LogP contribution in [0, 0.1) is 18.6 Å². The number of hydrogen-bond donors (Lipinski definition) is 2. The minimum Gasteiger partial charge on any atom is -0.380 e. The van der Waals surface area contributed by atoms with Crippen molar-refractivity contribution < 1.29 is 13.5 Å². The molecule has 0 bridgehead atoms. The number of ether oxygens (including phenoxy) is 1. The fourth-order valence-electron chi connectivity index (χ4n) is 3.17. The Bertz CT molecular complexity index is 949. The summed E-state index contributed by atoms with van der Waals surface area (Å²) in [4.78, 5) is 4.19. The summed E-state index contributed by atoms with van der Waals surface area (Å²) in [6.45, 7) is 3.50. The second kappa shape index (κ2) is 7.93. The first kappa shape index (κ1) is 18.4. The highest BCUT2D eigenvalue weighted by Gasteiger charge is 2.14. The van der Waals surface area contributed by atoms with E-state index in [4.69, 9.17) is 4.74 Å². The largest absolute Gasteiger partial charge is 0.380 e. The molecule has 2 N–H and O–H groups in total. The van der Waals surface area contributed by atoms with Crippen LogP contribution in [0.5, 0.6) is 0 Å². The summed E-state index contributed by atoms with van der Waals surface area (Å²) in [7, 11) is 0. The third-order valence-electron chi connectivity index (χ3n) is 4.62. The Hall–Kier alpha value is -3.00. The highest BCUT2D eigenvalue weighted by Crippen LogP contribution is 2.24. The molecule has 2 aromatic carbocycles. The van der Waals surface area contributed by atoms with Crippen LogP contribution in [0.15, 0.2) is 42.7 Å². The SMILES string of the molecule is Cc1ccc(NC2CCCOC2)cc1Nc1ncn(-c2cc(F)cc(F)c2)n1. The summed E-state index contributed by atoms with van der Waals surface area (Å²) in [5.74, 6) is -0.992. The van der Waals surface area contributed by atoms with Gasteiger partial charge < -0.3 is 15.4 Å². The third kappa shape index (κ3) is 4.28. The molecule has 0 aliphatic carbocycles. The summed E-state index contributed by atoms with van der Waals surface area (Å²) in [5, 5.41) is 10.9. The average Bonchev–Trinajstić information content (AvgIpc) is 3.13. The summed E-state index contributed by atoms with van der Waals surface area (Å²) in [5.41, 5.74) is 3.13. The molecule has 0 amide bonds. The highest BCUT2D eigenvalue weighted by molar-refractivity contribution is 5.65. The normalized spacial score (nSPS) is 16.8. The van der Waals surface area contributed by atoms with Crippen molar-refractivity contribution in [3.05, 3.63) is 59.9 Å². The molecular weight excluding hydrogens is 364 g/mol. The Morgan fingerprint density at radius 2 is 1.96 bits per heavy atom. The predicted octanol–water partition coefficient (Wildman–Crippen LogP) is 4.19. The molecular formula is C20H21F2N5O. The van der Waals surface area contributed by atoms with Crippen molar-refractivity contribution in [3.63, 3.8) is 0 Å². The Kier molecular flexibility index (Phi) is 5.21. The van der Waals surface area contributed by atoms with Crippen LogP contribution in [0.1, 0.15) is 18.4 Å². The molecule has 0 spiro atoms. The van der Waals surface area contributed by atoms with Gasteiger partial charge in [0.25, 0.3) is 0 Å². The summed E-state index contributed by atoms with van der Waals surface area (Å²) in [6.07, 6.45) is 3.54. The molecule has 8 heteroatoms. The van der Waals surface area contributed by atoms with E-state index < -0.39 is 11.6 Å². The highest BCUT2D eigenvalue weighted by atomic mass is 19.1. The number of benzene rings is 2.